The Hall–Kier alpha value is -2.21. The van der Waals surface area contributed by atoms with Gasteiger partial charge in [-0.3, -0.25) is 0 Å². The van der Waals surface area contributed by atoms with E-state index < -0.39 is 11.6 Å². The van der Waals surface area contributed by atoms with Crippen LogP contribution in [0.15, 0.2) is 48.5 Å². The number of halogens is 2. The SMILES string of the molecule is C[C@H](COc1ccccc1)NC(=S)Nc1ccc(F)c(F)c1. The highest BCUT2D eigenvalue weighted by Gasteiger charge is 2.07. The fraction of sp³-hybridized carbons (Fsp3) is 0.188. The van der Waals surface area contributed by atoms with Crippen LogP contribution in [0.4, 0.5) is 14.5 Å². The van der Waals surface area contributed by atoms with E-state index in [9.17, 15) is 8.78 Å². The van der Waals surface area contributed by atoms with E-state index in [-0.39, 0.29) is 6.04 Å². The highest BCUT2D eigenvalue weighted by atomic mass is 32.1. The van der Waals surface area contributed by atoms with Gasteiger partial charge in [-0.15, -0.1) is 0 Å². The molecular weight excluding hydrogens is 306 g/mol. The summed E-state index contributed by atoms with van der Waals surface area (Å²) in [6.07, 6.45) is 0. The third-order valence-corrected chi connectivity index (χ3v) is 3.02. The maximum atomic E-state index is 13.1. The second-order valence-electron chi connectivity index (χ2n) is 4.75. The van der Waals surface area contributed by atoms with E-state index in [0.29, 0.717) is 17.4 Å². The number of para-hydroxylation sites is 1. The molecule has 6 heteroatoms. The summed E-state index contributed by atoms with van der Waals surface area (Å²) in [6, 6.07) is 12.9. The highest BCUT2D eigenvalue weighted by molar-refractivity contribution is 7.80. The van der Waals surface area contributed by atoms with E-state index in [0.717, 1.165) is 17.9 Å². The zero-order valence-electron chi connectivity index (χ0n) is 12.0. The molecule has 0 radical (unpaired) electrons. The van der Waals surface area contributed by atoms with E-state index in [1.807, 2.05) is 37.3 Å². The quantitative estimate of drug-likeness (QED) is 0.822. The normalized spacial score (nSPS) is 11.6. The Labute approximate surface area is 133 Å². The van der Waals surface area contributed by atoms with Crippen LogP contribution in [-0.2, 0) is 0 Å². The van der Waals surface area contributed by atoms with Gasteiger partial charge in [0, 0.05) is 11.8 Å². The first kappa shape index (κ1) is 16.2. The molecule has 22 heavy (non-hydrogen) atoms. The summed E-state index contributed by atoms with van der Waals surface area (Å²) in [5, 5.41) is 6.12. The molecule has 0 aliphatic heterocycles. The van der Waals surface area contributed by atoms with E-state index in [2.05, 4.69) is 10.6 Å². The highest BCUT2D eigenvalue weighted by Crippen LogP contribution is 2.13. The van der Waals surface area contributed by atoms with Crippen molar-refractivity contribution < 1.29 is 13.5 Å². The van der Waals surface area contributed by atoms with Gasteiger partial charge in [0.15, 0.2) is 16.7 Å². The molecule has 0 amide bonds. The van der Waals surface area contributed by atoms with Gasteiger partial charge in [0.05, 0.1) is 6.04 Å². The van der Waals surface area contributed by atoms with E-state index in [4.69, 9.17) is 17.0 Å². The van der Waals surface area contributed by atoms with Gasteiger partial charge >= 0.3 is 0 Å². The molecule has 2 aromatic rings. The lowest BCUT2D eigenvalue weighted by Crippen LogP contribution is -2.39. The molecule has 0 unspecified atom stereocenters. The van der Waals surface area contributed by atoms with Crippen LogP contribution in [-0.4, -0.2) is 17.8 Å². The van der Waals surface area contributed by atoms with E-state index in [1.54, 1.807) is 0 Å². The van der Waals surface area contributed by atoms with Gasteiger partial charge in [0.25, 0.3) is 0 Å². The Kier molecular flexibility index (Phi) is 5.66. The van der Waals surface area contributed by atoms with Crippen molar-refractivity contribution in [3.05, 3.63) is 60.2 Å². The monoisotopic (exact) mass is 322 g/mol. The van der Waals surface area contributed by atoms with Crippen LogP contribution in [0.5, 0.6) is 5.75 Å². The van der Waals surface area contributed by atoms with E-state index >= 15 is 0 Å². The van der Waals surface area contributed by atoms with Gasteiger partial charge in [-0.2, -0.15) is 0 Å². The van der Waals surface area contributed by atoms with Gasteiger partial charge < -0.3 is 15.4 Å². The van der Waals surface area contributed by atoms with Gasteiger partial charge in [-0.25, -0.2) is 8.78 Å². The van der Waals surface area contributed by atoms with Gasteiger partial charge in [-0.1, -0.05) is 18.2 Å². The Bertz CT molecular complexity index is 637. The van der Waals surface area contributed by atoms with Crippen molar-refractivity contribution in [3.63, 3.8) is 0 Å². The Balaban J connectivity index is 1.79. The molecule has 0 saturated carbocycles. The first-order valence-electron chi connectivity index (χ1n) is 6.75. The average Bonchev–Trinajstić information content (AvgIpc) is 2.50. The van der Waals surface area contributed by atoms with Crippen molar-refractivity contribution in [2.24, 2.45) is 0 Å². The summed E-state index contributed by atoms with van der Waals surface area (Å²) >= 11 is 5.13. The predicted molar refractivity (Wildman–Crippen MR) is 87.1 cm³/mol. The summed E-state index contributed by atoms with van der Waals surface area (Å²) in [4.78, 5) is 0. The maximum absolute atomic E-state index is 13.1. The molecule has 0 saturated heterocycles. The number of thiocarbonyl (C=S) groups is 1. The van der Waals surface area contributed by atoms with Gasteiger partial charge in [0.1, 0.15) is 12.4 Å². The van der Waals surface area contributed by atoms with Crippen LogP contribution >= 0.6 is 12.2 Å². The molecule has 116 valence electrons. The number of rotatable bonds is 5. The molecule has 3 nitrogen and oxygen atoms in total. The topological polar surface area (TPSA) is 33.3 Å². The number of hydrogen-bond acceptors (Lipinski definition) is 2. The number of anilines is 1. The van der Waals surface area contributed by atoms with Crippen molar-refractivity contribution in [2.75, 3.05) is 11.9 Å². The summed E-state index contributed by atoms with van der Waals surface area (Å²) in [5.41, 5.74) is 0.382. The van der Waals surface area contributed by atoms with Crippen molar-refractivity contribution in [2.45, 2.75) is 13.0 Å². The van der Waals surface area contributed by atoms with Crippen LogP contribution in [0, 0.1) is 11.6 Å². The third kappa shape index (κ3) is 4.96. The minimum absolute atomic E-state index is 0.0505. The number of ether oxygens (including phenoxy) is 1. The molecule has 2 N–H and O–H groups in total. The summed E-state index contributed by atoms with van der Waals surface area (Å²) in [5.74, 6) is -1.04. The minimum Gasteiger partial charge on any atom is -0.491 e. The summed E-state index contributed by atoms with van der Waals surface area (Å²) in [7, 11) is 0. The molecule has 0 heterocycles. The second-order valence-corrected chi connectivity index (χ2v) is 5.16. The van der Waals surface area contributed by atoms with Crippen molar-refractivity contribution in [1.29, 1.82) is 0 Å². The van der Waals surface area contributed by atoms with Crippen LogP contribution in [0.3, 0.4) is 0 Å². The summed E-state index contributed by atoms with van der Waals surface area (Å²) < 4.78 is 31.5. The lowest BCUT2D eigenvalue weighted by atomic mass is 10.3. The zero-order chi connectivity index (χ0) is 15.9. The fourth-order valence-electron chi connectivity index (χ4n) is 1.74. The molecule has 1 atom stereocenters. The van der Waals surface area contributed by atoms with Crippen molar-refractivity contribution in [3.8, 4) is 5.75 Å². The first-order valence-corrected chi connectivity index (χ1v) is 7.16. The predicted octanol–water partition coefficient (Wildman–Crippen LogP) is 3.72. The molecule has 0 spiro atoms. The smallest absolute Gasteiger partial charge is 0.171 e. The molecular formula is C16H16F2N2OS. The molecule has 0 aromatic heterocycles. The molecule has 0 aliphatic carbocycles. The molecule has 0 aliphatic rings. The van der Waals surface area contributed by atoms with Crippen LogP contribution in [0.25, 0.3) is 0 Å². The van der Waals surface area contributed by atoms with Crippen LogP contribution in [0.2, 0.25) is 0 Å². The Morgan fingerprint density at radius 2 is 1.86 bits per heavy atom. The molecule has 0 fully saturated rings. The lowest BCUT2D eigenvalue weighted by molar-refractivity contribution is 0.287. The number of nitrogens with one attached hydrogen (secondary N) is 2. The van der Waals surface area contributed by atoms with Crippen molar-refractivity contribution >= 4 is 23.0 Å². The maximum Gasteiger partial charge on any atom is 0.171 e. The molecule has 2 aromatic carbocycles. The Morgan fingerprint density at radius 1 is 1.14 bits per heavy atom. The first-order chi connectivity index (χ1) is 10.5. The largest absolute Gasteiger partial charge is 0.491 e. The summed E-state index contributed by atoms with van der Waals surface area (Å²) in [6.45, 7) is 2.33. The lowest BCUT2D eigenvalue weighted by Gasteiger charge is -2.17. The molecule has 0 bridgehead atoms. The van der Waals surface area contributed by atoms with Crippen LogP contribution in [0.1, 0.15) is 6.92 Å². The molecule has 2 rings (SSSR count). The zero-order valence-corrected chi connectivity index (χ0v) is 12.8. The number of hydrogen-bond donors (Lipinski definition) is 2. The van der Waals surface area contributed by atoms with Crippen LogP contribution < -0.4 is 15.4 Å². The second kappa shape index (κ2) is 7.70. The average molecular weight is 322 g/mol. The van der Waals surface area contributed by atoms with Crippen molar-refractivity contribution in [1.82, 2.24) is 5.32 Å². The number of benzene rings is 2. The minimum atomic E-state index is -0.923. The van der Waals surface area contributed by atoms with Gasteiger partial charge in [-0.05, 0) is 43.4 Å². The Morgan fingerprint density at radius 3 is 2.55 bits per heavy atom. The van der Waals surface area contributed by atoms with Gasteiger partial charge in [0.2, 0.25) is 0 Å². The van der Waals surface area contributed by atoms with E-state index in [1.165, 1.54) is 6.07 Å². The third-order valence-electron chi connectivity index (χ3n) is 2.80. The fourth-order valence-corrected chi connectivity index (χ4v) is 2.06. The standard InChI is InChI=1S/C16H16F2N2OS/c1-11(10-21-13-5-3-2-4-6-13)19-16(22)20-12-7-8-14(17)15(18)9-12/h2-9,11H,10H2,1H3,(H2,19,20,22)/t11-/m1/s1.